The minimum absolute atomic E-state index is 0. The molecule has 0 aliphatic carbocycles. The van der Waals surface area contributed by atoms with Crippen LogP contribution in [0.1, 0.15) is 13.8 Å². The summed E-state index contributed by atoms with van der Waals surface area (Å²) in [6.07, 6.45) is -0.362. The van der Waals surface area contributed by atoms with Crippen LogP contribution >= 0.6 is 0 Å². The molecule has 0 bridgehead atoms. The third-order valence-corrected chi connectivity index (χ3v) is 3.87. The van der Waals surface area contributed by atoms with Crippen molar-refractivity contribution in [2.45, 2.75) is 24.8 Å². The van der Waals surface area contributed by atoms with Crippen molar-refractivity contribution >= 4 is 58.6 Å². The van der Waals surface area contributed by atoms with Crippen LogP contribution in [0.15, 0.2) is 47.4 Å². The molecule has 92 valence electrons. The third kappa shape index (κ3) is 3.45. The number of rotatable bonds is 3. The molecule has 0 saturated heterocycles. The van der Waals surface area contributed by atoms with Crippen LogP contribution in [0, 0.1) is 0 Å². The van der Waals surface area contributed by atoms with Gasteiger partial charge in [0.1, 0.15) is 4.90 Å². The van der Waals surface area contributed by atoms with E-state index in [1.54, 1.807) is 32.0 Å². The van der Waals surface area contributed by atoms with E-state index >= 15 is 0 Å². The van der Waals surface area contributed by atoms with Gasteiger partial charge in [0, 0.05) is 43.1 Å². The molecule has 0 fully saturated rings. The summed E-state index contributed by atoms with van der Waals surface area (Å²) >= 11 is 0. The second-order valence-corrected chi connectivity index (χ2v) is 5.62. The molecule has 0 unspecified atom stereocenters. The Morgan fingerprint density at radius 1 is 1.00 bits per heavy atom. The summed E-state index contributed by atoms with van der Waals surface area (Å²) < 4.78 is 29.1. The van der Waals surface area contributed by atoms with Crippen molar-refractivity contribution < 1.29 is 12.6 Å². The summed E-state index contributed by atoms with van der Waals surface area (Å²) in [6, 6.07) is 12.5. The van der Waals surface area contributed by atoms with Gasteiger partial charge in [-0.2, -0.15) is 8.42 Å². The molecule has 18 heavy (non-hydrogen) atoms. The average Bonchev–Trinajstić information content (AvgIpc) is 2.26. The second kappa shape index (κ2) is 6.35. The molecule has 3 nitrogen and oxygen atoms in total. The van der Waals surface area contributed by atoms with Crippen molar-refractivity contribution in [3.05, 3.63) is 42.5 Å². The van der Waals surface area contributed by atoms with E-state index < -0.39 is 10.1 Å². The number of benzene rings is 2. The van der Waals surface area contributed by atoms with Crippen molar-refractivity contribution in [1.29, 1.82) is 0 Å². The Labute approximate surface area is 137 Å². The molecule has 0 N–H and O–H groups in total. The van der Waals surface area contributed by atoms with E-state index in [4.69, 9.17) is 4.18 Å². The Kier molecular flexibility index (Phi) is 5.62. The Morgan fingerprint density at radius 3 is 2.28 bits per heavy atom. The number of hydrogen-bond donors (Lipinski definition) is 0. The van der Waals surface area contributed by atoms with Gasteiger partial charge in [0.05, 0.1) is 6.10 Å². The first-order valence-corrected chi connectivity index (χ1v) is 6.82. The SMILES string of the molecule is CC(C)OS(=O)(=O)c1cccc2ccccc12.[Ca]. The quantitative estimate of drug-likeness (QED) is 0.644. The van der Waals surface area contributed by atoms with Crippen molar-refractivity contribution in [2.75, 3.05) is 0 Å². The molecule has 0 aliphatic heterocycles. The molecule has 0 aliphatic rings. The van der Waals surface area contributed by atoms with Crippen LogP contribution in [0.3, 0.4) is 0 Å². The maximum absolute atomic E-state index is 12.0. The predicted molar refractivity (Wildman–Crippen MR) is 73.1 cm³/mol. The zero-order valence-corrected chi connectivity index (χ0v) is 13.5. The monoisotopic (exact) mass is 290 g/mol. The van der Waals surface area contributed by atoms with Crippen molar-refractivity contribution in [2.24, 2.45) is 0 Å². The van der Waals surface area contributed by atoms with Crippen LogP contribution in [0.4, 0.5) is 0 Å². The molecule has 0 atom stereocenters. The first-order chi connectivity index (χ1) is 8.00. The van der Waals surface area contributed by atoms with Gasteiger partial charge < -0.3 is 0 Å². The molecule has 0 spiro atoms. The average molecular weight is 290 g/mol. The van der Waals surface area contributed by atoms with Crippen molar-refractivity contribution in [3.8, 4) is 0 Å². The fraction of sp³-hybridized carbons (Fsp3) is 0.231. The molecule has 0 amide bonds. The standard InChI is InChI=1S/C13H14O3S.Ca/c1-10(2)16-17(14,15)13-9-5-7-11-6-3-4-8-12(11)13;/h3-10H,1-2H3;. The normalized spacial score (nSPS) is 11.5. The Balaban J connectivity index is 0.00000162. The Bertz CT molecular complexity index is 630. The molecular weight excluding hydrogens is 276 g/mol. The fourth-order valence-electron chi connectivity index (χ4n) is 1.72. The third-order valence-electron chi connectivity index (χ3n) is 2.34. The summed E-state index contributed by atoms with van der Waals surface area (Å²) in [5.41, 5.74) is 0. The number of fused-ring (bicyclic) bond motifs is 1. The molecule has 2 aromatic carbocycles. The summed E-state index contributed by atoms with van der Waals surface area (Å²) in [5, 5.41) is 1.58. The van der Waals surface area contributed by atoms with Gasteiger partial charge >= 0.3 is 0 Å². The van der Waals surface area contributed by atoms with Gasteiger partial charge in [-0.05, 0) is 25.3 Å². The van der Waals surface area contributed by atoms with Crippen LogP contribution in [-0.2, 0) is 14.3 Å². The van der Waals surface area contributed by atoms with Crippen LogP contribution in [0.25, 0.3) is 10.8 Å². The smallest absolute Gasteiger partial charge is 0.264 e. The minimum atomic E-state index is -3.69. The Hall–Kier alpha value is -0.130. The first-order valence-electron chi connectivity index (χ1n) is 5.42. The van der Waals surface area contributed by atoms with Gasteiger partial charge in [-0.3, -0.25) is 4.18 Å². The predicted octanol–water partition coefficient (Wildman–Crippen LogP) is 2.57. The molecule has 0 heterocycles. The van der Waals surface area contributed by atoms with E-state index in [0.717, 1.165) is 5.39 Å². The van der Waals surface area contributed by atoms with Crippen LogP contribution in [0.5, 0.6) is 0 Å². The molecule has 2 aromatic rings. The minimum Gasteiger partial charge on any atom is -0.264 e. The molecule has 5 heteroatoms. The van der Waals surface area contributed by atoms with E-state index in [9.17, 15) is 8.42 Å². The second-order valence-electron chi connectivity index (χ2n) is 4.08. The molecule has 2 radical (unpaired) electrons. The zero-order chi connectivity index (χ0) is 12.5. The maximum atomic E-state index is 12.0. The van der Waals surface area contributed by atoms with E-state index in [1.165, 1.54) is 0 Å². The molecular formula is C13H14CaO3S. The molecule has 0 saturated carbocycles. The van der Waals surface area contributed by atoms with Crippen LogP contribution in [-0.4, -0.2) is 52.3 Å². The summed E-state index contributed by atoms with van der Waals surface area (Å²) in [6.45, 7) is 3.39. The summed E-state index contributed by atoms with van der Waals surface area (Å²) in [7, 11) is -3.69. The topological polar surface area (TPSA) is 43.4 Å². The first kappa shape index (κ1) is 15.9. The van der Waals surface area contributed by atoms with E-state index in [-0.39, 0.29) is 48.7 Å². The van der Waals surface area contributed by atoms with E-state index in [2.05, 4.69) is 0 Å². The van der Waals surface area contributed by atoms with Crippen LogP contribution in [0.2, 0.25) is 0 Å². The van der Waals surface area contributed by atoms with Gasteiger partial charge in [0.2, 0.25) is 0 Å². The Morgan fingerprint density at radius 2 is 1.61 bits per heavy atom. The molecule has 2 rings (SSSR count). The summed E-state index contributed by atoms with van der Waals surface area (Å²) in [4.78, 5) is 0.226. The molecule has 0 aromatic heterocycles. The van der Waals surface area contributed by atoms with Crippen molar-refractivity contribution in [1.82, 2.24) is 0 Å². The van der Waals surface area contributed by atoms with Crippen molar-refractivity contribution in [3.63, 3.8) is 0 Å². The number of hydrogen-bond acceptors (Lipinski definition) is 3. The van der Waals surface area contributed by atoms with Crippen LogP contribution < -0.4 is 0 Å². The van der Waals surface area contributed by atoms with E-state index in [0.29, 0.717) is 5.39 Å². The van der Waals surface area contributed by atoms with E-state index in [1.807, 2.05) is 24.3 Å². The summed E-state index contributed by atoms with van der Waals surface area (Å²) in [5.74, 6) is 0. The van der Waals surface area contributed by atoms with Gasteiger partial charge in [-0.15, -0.1) is 0 Å². The fourth-order valence-corrected chi connectivity index (χ4v) is 3.03. The zero-order valence-electron chi connectivity index (χ0n) is 10.5. The van der Waals surface area contributed by atoms with Gasteiger partial charge in [0.25, 0.3) is 10.1 Å². The van der Waals surface area contributed by atoms with Gasteiger partial charge in [-0.1, -0.05) is 36.4 Å². The van der Waals surface area contributed by atoms with Gasteiger partial charge in [0.15, 0.2) is 0 Å². The van der Waals surface area contributed by atoms with Gasteiger partial charge in [-0.25, -0.2) is 0 Å². The maximum Gasteiger partial charge on any atom is 0.297 e. The largest absolute Gasteiger partial charge is 0.297 e.